The van der Waals surface area contributed by atoms with E-state index in [1.807, 2.05) is 0 Å². The molecule has 3 N–H and O–H groups in total. The van der Waals surface area contributed by atoms with Crippen LogP contribution in [0, 0.1) is 11.7 Å². The van der Waals surface area contributed by atoms with Crippen LogP contribution >= 0.6 is 11.6 Å². The first kappa shape index (κ1) is 21.1. The summed E-state index contributed by atoms with van der Waals surface area (Å²) in [6, 6.07) is 3.95. The van der Waals surface area contributed by atoms with E-state index < -0.39 is 11.7 Å². The molecule has 1 aliphatic rings. The Morgan fingerprint density at radius 1 is 1.41 bits per heavy atom. The first-order valence-electron chi connectivity index (χ1n) is 9.54. The molecule has 3 rings (SSSR count). The number of aryl methyl sites for hydroxylation is 1. The molecule has 9 heteroatoms. The Kier molecular flexibility index (Phi) is 6.42. The van der Waals surface area contributed by atoms with Gasteiger partial charge in [0.05, 0.1) is 17.3 Å². The van der Waals surface area contributed by atoms with Gasteiger partial charge in [-0.05, 0) is 50.3 Å². The molecule has 0 radical (unpaired) electrons. The fourth-order valence-corrected chi connectivity index (χ4v) is 3.99. The second-order valence-electron chi connectivity index (χ2n) is 7.24. The number of nitrogens with zero attached hydrogens (tertiary/aromatic N) is 2. The van der Waals surface area contributed by atoms with Crippen molar-refractivity contribution in [2.24, 2.45) is 13.0 Å². The number of aromatic nitrogens is 2. The summed E-state index contributed by atoms with van der Waals surface area (Å²) >= 11 is 5.79. The van der Waals surface area contributed by atoms with Crippen molar-refractivity contribution in [1.29, 1.82) is 0 Å². The van der Waals surface area contributed by atoms with Crippen LogP contribution in [0.25, 0.3) is 0 Å². The second-order valence-corrected chi connectivity index (χ2v) is 7.64. The van der Waals surface area contributed by atoms with E-state index in [4.69, 9.17) is 22.1 Å². The molecule has 29 heavy (non-hydrogen) atoms. The number of amides is 1. The number of anilines is 2. The van der Waals surface area contributed by atoms with Crippen molar-refractivity contribution in [3.63, 3.8) is 0 Å². The van der Waals surface area contributed by atoms with E-state index in [-0.39, 0.29) is 28.6 Å². The molecule has 7 nitrogen and oxygen atoms in total. The molecule has 1 saturated carbocycles. The lowest BCUT2D eigenvalue weighted by Crippen LogP contribution is -2.16. The predicted octanol–water partition coefficient (Wildman–Crippen LogP) is 3.88. The van der Waals surface area contributed by atoms with E-state index in [9.17, 15) is 14.0 Å². The number of esters is 1. The summed E-state index contributed by atoms with van der Waals surface area (Å²) in [6.45, 7) is 2.15. The van der Waals surface area contributed by atoms with E-state index in [0.717, 1.165) is 19.3 Å². The van der Waals surface area contributed by atoms with Crippen molar-refractivity contribution < 1.29 is 18.7 Å². The third-order valence-corrected chi connectivity index (χ3v) is 5.50. The Hall–Kier alpha value is -2.61. The third-order valence-electron chi connectivity index (χ3n) is 5.21. The van der Waals surface area contributed by atoms with E-state index in [1.165, 1.54) is 22.9 Å². The number of nitrogens with one attached hydrogen (secondary N) is 1. The van der Waals surface area contributed by atoms with Gasteiger partial charge >= 0.3 is 5.97 Å². The summed E-state index contributed by atoms with van der Waals surface area (Å²) in [5.74, 6) is -0.735. The molecule has 1 aliphatic carbocycles. The fraction of sp³-hybridized carbons (Fsp3) is 0.450. The Morgan fingerprint density at radius 3 is 2.86 bits per heavy atom. The van der Waals surface area contributed by atoms with Crippen molar-refractivity contribution in [3.05, 3.63) is 40.3 Å². The highest BCUT2D eigenvalue weighted by molar-refractivity contribution is 6.31. The van der Waals surface area contributed by atoms with Gasteiger partial charge in [0, 0.05) is 25.1 Å². The van der Waals surface area contributed by atoms with Gasteiger partial charge in [0.25, 0.3) is 5.91 Å². The molecule has 1 heterocycles. The number of ether oxygens (including phenoxy) is 1. The molecule has 0 aliphatic heterocycles. The average molecular weight is 423 g/mol. The zero-order valence-electron chi connectivity index (χ0n) is 16.4. The number of hydrogen-bond donors (Lipinski definition) is 2. The number of nitrogen functional groups attached to an aromatic ring is 1. The lowest BCUT2D eigenvalue weighted by Gasteiger charge is -2.12. The van der Waals surface area contributed by atoms with Crippen LogP contribution in [0.3, 0.4) is 0 Å². The first-order chi connectivity index (χ1) is 13.8. The van der Waals surface area contributed by atoms with Gasteiger partial charge < -0.3 is 15.8 Å². The monoisotopic (exact) mass is 422 g/mol. The van der Waals surface area contributed by atoms with Crippen LogP contribution in [0.5, 0.6) is 0 Å². The second kappa shape index (κ2) is 8.82. The lowest BCUT2D eigenvalue weighted by atomic mass is 9.96. The van der Waals surface area contributed by atoms with Crippen LogP contribution in [-0.2, 0) is 16.6 Å². The summed E-state index contributed by atoms with van der Waals surface area (Å²) in [5.41, 5.74) is 7.39. The number of nitrogens with two attached hydrogens (primary N) is 1. The number of carbonyl (C=O) groups is 2. The fourth-order valence-electron chi connectivity index (χ4n) is 3.81. The van der Waals surface area contributed by atoms with Crippen LogP contribution in [0.2, 0.25) is 5.02 Å². The molecule has 2 unspecified atom stereocenters. The summed E-state index contributed by atoms with van der Waals surface area (Å²) in [4.78, 5) is 24.7. The van der Waals surface area contributed by atoms with Gasteiger partial charge in [-0.15, -0.1) is 0 Å². The molecule has 1 aromatic heterocycles. The summed E-state index contributed by atoms with van der Waals surface area (Å²) in [7, 11) is 1.68. The minimum Gasteiger partial charge on any atom is -0.466 e. The molecule has 2 atom stereocenters. The molecule has 1 fully saturated rings. The molecule has 2 aromatic rings. The minimum absolute atomic E-state index is 0.0236. The summed E-state index contributed by atoms with van der Waals surface area (Å²) in [5, 5.41) is 7.09. The van der Waals surface area contributed by atoms with Crippen LogP contribution in [0.4, 0.5) is 15.9 Å². The van der Waals surface area contributed by atoms with E-state index in [2.05, 4.69) is 10.4 Å². The zero-order chi connectivity index (χ0) is 21.1. The summed E-state index contributed by atoms with van der Waals surface area (Å²) < 4.78 is 19.9. The maximum absolute atomic E-state index is 13.4. The van der Waals surface area contributed by atoms with Crippen molar-refractivity contribution in [1.82, 2.24) is 9.78 Å². The number of halogens is 2. The van der Waals surface area contributed by atoms with Crippen LogP contribution in [0.1, 0.15) is 54.6 Å². The highest BCUT2D eigenvalue weighted by Gasteiger charge is 2.34. The van der Waals surface area contributed by atoms with Crippen LogP contribution in [-0.4, -0.2) is 28.3 Å². The minimum atomic E-state index is -0.565. The lowest BCUT2D eigenvalue weighted by molar-refractivity contribution is -0.144. The first-order valence-corrected chi connectivity index (χ1v) is 9.92. The molecule has 0 spiro atoms. The van der Waals surface area contributed by atoms with Gasteiger partial charge in [-0.3, -0.25) is 14.3 Å². The van der Waals surface area contributed by atoms with Crippen molar-refractivity contribution in [2.75, 3.05) is 17.7 Å². The molecule has 0 bridgehead atoms. The summed E-state index contributed by atoms with van der Waals surface area (Å²) in [6.07, 6.45) is 2.76. The highest BCUT2D eigenvalue weighted by Crippen LogP contribution is 2.41. The molecular weight excluding hydrogens is 399 g/mol. The maximum Gasteiger partial charge on any atom is 0.306 e. The van der Waals surface area contributed by atoms with Crippen LogP contribution < -0.4 is 11.1 Å². The average Bonchev–Trinajstić information content (AvgIpc) is 3.23. The Morgan fingerprint density at radius 2 is 2.17 bits per heavy atom. The number of hydrogen-bond acceptors (Lipinski definition) is 5. The molecular formula is C20H24ClFN4O3. The molecule has 1 aromatic carbocycles. The van der Waals surface area contributed by atoms with Gasteiger partial charge in [0.1, 0.15) is 17.2 Å². The predicted molar refractivity (Wildman–Crippen MR) is 108 cm³/mol. The van der Waals surface area contributed by atoms with E-state index >= 15 is 0 Å². The van der Waals surface area contributed by atoms with Gasteiger partial charge in [-0.25, -0.2) is 4.39 Å². The SMILES string of the molecule is CCOC(=O)CC1CCC(c2nn(C)c(N)c2C(=O)Nc2ccc(F)c(Cl)c2)C1. The van der Waals surface area contributed by atoms with Gasteiger partial charge in [0.2, 0.25) is 0 Å². The number of rotatable bonds is 6. The highest BCUT2D eigenvalue weighted by atomic mass is 35.5. The van der Waals surface area contributed by atoms with E-state index in [1.54, 1.807) is 14.0 Å². The normalized spacial score (nSPS) is 18.6. The Labute approximate surface area is 173 Å². The van der Waals surface area contributed by atoms with Crippen LogP contribution in [0.15, 0.2) is 18.2 Å². The smallest absolute Gasteiger partial charge is 0.306 e. The number of benzene rings is 1. The molecule has 156 valence electrons. The van der Waals surface area contributed by atoms with Crippen molar-refractivity contribution in [3.8, 4) is 0 Å². The Bertz CT molecular complexity index is 931. The van der Waals surface area contributed by atoms with Crippen molar-refractivity contribution >= 4 is 35.0 Å². The quantitative estimate of drug-likeness (QED) is 0.688. The number of carbonyl (C=O) groups excluding carboxylic acids is 2. The molecule has 0 saturated heterocycles. The zero-order valence-corrected chi connectivity index (χ0v) is 17.1. The van der Waals surface area contributed by atoms with E-state index in [0.29, 0.717) is 30.0 Å². The van der Waals surface area contributed by atoms with Gasteiger partial charge in [0.15, 0.2) is 0 Å². The largest absolute Gasteiger partial charge is 0.466 e. The standard InChI is InChI=1S/C20H24ClFN4O3/c1-3-29-16(27)9-11-4-5-12(8-11)18-17(19(23)26(2)25-18)20(28)24-13-6-7-15(22)14(21)10-13/h6-7,10-12H,3-5,8-9,23H2,1-2H3,(H,24,28). The van der Waals surface area contributed by atoms with Crippen molar-refractivity contribution in [2.45, 2.75) is 38.5 Å². The van der Waals surface area contributed by atoms with Gasteiger partial charge in [-0.1, -0.05) is 11.6 Å². The topological polar surface area (TPSA) is 99.2 Å². The Balaban J connectivity index is 1.78. The molecule has 1 amide bonds. The van der Waals surface area contributed by atoms with Gasteiger partial charge in [-0.2, -0.15) is 5.10 Å². The third kappa shape index (κ3) is 4.70. The maximum atomic E-state index is 13.4.